The van der Waals surface area contributed by atoms with E-state index in [1.807, 2.05) is 0 Å². The summed E-state index contributed by atoms with van der Waals surface area (Å²) in [7, 11) is -2.81. The zero-order valence-corrected chi connectivity index (χ0v) is 7.81. The lowest BCUT2D eigenvalue weighted by atomic mass is 10.1. The number of rotatable bonds is 2. The third-order valence-electron chi connectivity index (χ3n) is 2.10. The van der Waals surface area contributed by atoms with E-state index < -0.39 is 9.84 Å². The van der Waals surface area contributed by atoms with E-state index >= 15 is 0 Å². The Morgan fingerprint density at radius 3 is 2.83 bits per heavy atom. The minimum atomic E-state index is -2.81. The van der Waals surface area contributed by atoms with Crippen molar-refractivity contribution in [3.8, 4) is 0 Å². The second-order valence-electron chi connectivity index (χ2n) is 3.10. The quantitative estimate of drug-likeness (QED) is 0.599. The lowest BCUT2D eigenvalue weighted by Crippen LogP contribution is -2.30. The van der Waals surface area contributed by atoms with Gasteiger partial charge in [0.05, 0.1) is 11.5 Å². The van der Waals surface area contributed by atoms with Gasteiger partial charge < -0.3 is 10.4 Å². The van der Waals surface area contributed by atoms with E-state index in [9.17, 15) is 8.42 Å². The van der Waals surface area contributed by atoms with E-state index in [4.69, 9.17) is 5.11 Å². The monoisotopic (exact) mass is 193 g/mol. The predicted octanol–water partition coefficient (Wildman–Crippen LogP) is -0.854. The van der Waals surface area contributed by atoms with Crippen molar-refractivity contribution in [2.45, 2.75) is 18.9 Å². The summed E-state index contributed by atoms with van der Waals surface area (Å²) in [6.45, 7) is 0.644. The summed E-state index contributed by atoms with van der Waals surface area (Å²) in [5, 5.41) is 11.7. The lowest BCUT2D eigenvalue weighted by Gasteiger charge is -2.12. The van der Waals surface area contributed by atoms with Gasteiger partial charge in [-0.1, -0.05) is 0 Å². The van der Waals surface area contributed by atoms with Crippen molar-refractivity contribution in [2.24, 2.45) is 0 Å². The van der Waals surface area contributed by atoms with E-state index in [0.717, 1.165) is 0 Å². The van der Waals surface area contributed by atoms with E-state index in [0.29, 0.717) is 19.4 Å². The van der Waals surface area contributed by atoms with Crippen molar-refractivity contribution >= 4 is 9.84 Å². The molecule has 0 radical (unpaired) electrons. The van der Waals surface area contributed by atoms with E-state index in [-0.39, 0.29) is 24.2 Å². The van der Waals surface area contributed by atoms with Crippen molar-refractivity contribution in [2.75, 3.05) is 24.7 Å². The first-order chi connectivity index (χ1) is 5.64. The minimum Gasteiger partial charge on any atom is -0.396 e. The highest BCUT2D eigenvalue weighted by Gasteiger charge is 2.19. The second kappa shape index (κ2) is 4.20. The first-order valence-corrected chi connectivity index (χ1v) is 6.01. The number of hydrogen-bond acceptors (Lipinski definition) is 4. The molecule has 0 bridgehead atoms. The standard InChI is InChI=1S/C7H15NO3S/c9-4-1-7-2-5-12(10,11)6-3-8-7/h7-9H,1-6H2. The molecule has 1 fully saturated rings. The molecule has 1 heterocycles. The van der Waals surface area contributed by atoms with Crippen LogP contribution in [0, 0.1) is 0 Å². The molecule has 0 amide bonds. The lowest BCUT2D eigenvalue weighted by molar-refractivity contribution is 0.264. The highest BCUT2D eigenvalue weighted by Crippen LogP contribution is 2.05. The second-order valence-corrected chi connectivity index (χ2v) is 5.41. The van der Waals surface area contributed by atoms with E-state index in [1.54, 1.807) is 0 Å². The van der Waals surface area contributed by atoms with Gasteiger partial charge in [-0.05, 0) is 12.8 Å². The van der Waals surface area contributed by atoms with Crippen LogP contribution in [-0.4, -0.2) is 44.2 Å². The van der Waals surface area contributed by atoms with Crippen LogP contribution in [0.5, 0.6) is 0 Å². The van der Waals surface area contributed by atoms with Crippen LogP contribution in [0.3, 0.4) is 0 Å². The fourth-order valence-electron chi connectivity index (χ4n) is 1.35. The van der Waals surface area contributed by atoms with Crippen molar-refractivity contribution < 1.29 is 13.5 Å². The zero-order chi connectivity index (χ0) is 9.03. The maximum Gasteiger partial charge on any atom is 0.151 e. The molecule has 0 aromatic heterocycles. The summed E-state index contributed by atoms with van der Waals surface area (Å²) < 4.78 is 22.2. The molecule has 0 aliphatic carbocycles. The molecule has 1 unspecified atom stereocenters. The van der Waals surface area contributed by atoms with Crippen LogP contribution in [0.2, 0.25) is 0 Å². The summed E-state index contributed by atoms with van der Waals surface area (Å²) in [4.78, 5) is 0. The summed E-state index contributed by atoms with van der Waals surface area (Å²) in [5.41, 5.74) is 0. The Labute approximate surface area is 72.9 Å². The van der Waals surface area contributed by atoms with E-state index in [2.05, 4.69) is 5.32 Å². The molecular formula is C7H15NO3S. The highest BCUT2D eigenvalue weighted by atomic mass is 32.2. The van der Waals surface area contributed by atoms with Crippen LogP contribution in [0.1, 0.15) is 12.8 Å². The van der Waals surface area contributed by atoms with Gasteiger partial charge in [-0.25, -0.2) is 8.42 Å². The largest absolute Gasteiger partial charge is 0.396 e. The molecule has 1 rings (SSSR count). The van der Waals surface area contributed by atoms with Crippen LogP contribution in [0.15, 0.2) is 0 Å². The smallest absolute Gasteiger partial charge is 0.151 e. The Morgan fingerprint density at radius 2 is 2.17 bits per heavy atom. The fourth-order valence-corrected chi connectivity index (χ4v) is 2.62. The Hall–Kier alpha value is -0.130. The molecule has 0 spiro atoms. The van der Waals surface area contributed by atoms with Crippen LogP contribution in [-0.2, 0) is 9.84 Å². The molecule has 0 aromatic carbocycles. The third kappa shape index (κ3) is 3.08. The number of sulfone groups is 1. The van der Waals surface area contributed by atoms with Gasteiger partial charge in [0, 0.05) is 19.2 Å². The van der Waals surface area contributed by atoms with E-state index in [1.165, 1.54) is 0 Å². The molecule has 1 aliphatic heterocycles. The molecule has 2 N–H and O–H groups in total. The first kappa shape index (κ1) is 9.95. The van der Waals surface area contributed by atoms with Gasteiger partial charge in [0.15, 0.2) is 9.84 Å². The topological polar surface area (TPSA) is 66.4 Å². The van der Waals surface area contributed by atoms with Gasteiger partial charge in [-0.15, -0.1) is 0 Å². The van der Waals surface area contributed by atoms with Crippen molar-refractivity contribution in [1.82, 2.24) is 5.32 Å². The summed E-state index contributed by atoms with van der Waals surface area (Å²) in [6, 6.07) is 0.173. The van der Waals surface area contributed by atoms with Gasteiger partial charge in [-0.3, -0.25) is 0 Å². The Bertz CT molecular complexity index is 225. The molecule has 0 aromatic rings. The third-order valence-corrected chi connectivity index (χ3v) is 3.78. The summed E-state index contributed by atoms with van der Waals surface area (Å²) in [5.74, 6) is 0.486. The minimum absolute atomic E-state index is 0.123. The van der Waals surface area contributed by atoms with Gasteiger partial charge >= 0.3 is 0 Å². The number of nitrogens with one attached hydrogen (secondary N) is 1. The van der Waals surface area contributed by atoms with Gasteiger partial charge in [-0.2, -0.15) is 0 Å². The number of hydrogen-bond donors (Lipinski definition) is 2. The average molecular weight is 193 g/mol. The average Bonchev–Trinajstić information content (AvgIpc) is 2.14. The molecule has 5 heteroatoms. The molecule has 4 nitrogen and oxygen atoms in total. The van der Waals surface area contributed by atoms with Crippen LogP contribution in [0.4, 0.5) is 0 Å². The molecule has 1 saturated heterocycles. The van der Waals surface area contributed by atoms with Crippen molar-refractivity contribution in [3.05, 3.63) is 0 Å². The zero-order valence-electron chi connectivity index (χ0n) is 6.99. The predicted molar refractivity (Wildman–Crippen MR) is 46.8 cm³/mol. The maximum absolute atomic E-state index is 11.1. The highest BCUT2D eigenvalue weighted by molar-refractivity contribution is 7.91. The molecule has 1 aliphatic rings. The van der Waals surface area contributed by atoms with Gasteiger partial charge in [0.25, 0.3) is 0 Å². The van der Waals surface area contributed by atoms with Gasteiger partial charge in [0.1, 0.15) is 0 Å². The summed E-state index contributed by atoms with van der Waals surface area (Å²) >= 11 is 0. The number of aliphatic hydroxyl groups excluding tert-OH is 1. The number of aliphatic hydroxyl groups is 1. The molecule has 1 atom stereocenters. The van der Waals surface area contributed by atoms with Gasteiger partial charge in [0.2, 0.25) is 0 Å². The fraction of sp³-hybridized carbons (Fsp3) is 1.00. The van der Waals surface area contributed by atoms with Crippen LogP contribution in [0.25, 0.3) is 0 Å². The first-order valence-electron chi connectivity index (χ1n) is 4.19. The SMILES string of the molecule is O=S1(=O)CCNC(CCO)CC1. The Morgan fingerprint density at radius 1 is 1.42 bits per heavy atom. The maximum atomic E-state index is 11.1. The molecule has 12 heavy (non-hydrogen) atoms. The molecule has 72 valence electrons. The van der Waals surface area contributed by atoms with Crippen molar-refractivity contribution in [3.63, 3.8) is 0 Å². The normalized spacial score (nSPS) is 29.6. The Balaban J connectivity index is 2.45. The molecule has 0 saturated carbocycles. The Kier molecular flexibility index (Phi) is 3.49. The molecular weight excluding hydrogens is 178 g/mol. The van der Waals surface area contributed by atoms with Crippen LogP contribution < -0.4 is 5.32 Å². The van der Waals surface area contributed by atoms with Crippen LogP contribution >= 0.6 is 0 Å². The van der Waals surface area contributed by atoms with Crippen molar-refractivity contribution in [1.29, 1.82) is 0 Å². The summed E-state index contributed by atoms with van der Waals surface area (Å²) in [6.07, 6.45) is 1.28.